The monoisotopic (exact) mass is 374 g/mol. The van der Waals surface area contributed by atoms with Gasteiger partial charge in [-0.05, 0) is 36.4 Å². The van der Waals surface area contributed by atoms with E-state index in [0.29, 0.717) is 0 Å². The lowest BCUT2D eigenvalue weighted by Gasteiger charge is -2.07. The molecule has 0 aliphatic heterocycles. The van der Waals surface area contributed by atoms with Crippen molar-refractivity contribution in [3.63, 3.8) is 0 Å². The summed E-state index contributed by atoms with van der Waals surface area (Å²) in [5, 5.41) is 0. The van der Waals surface area contributed by atoms with Crippen molar-refractivity contribution in [2.24, 2.45) is 0 Å². The first-order valence-electron chi connectivity index (χ1n) is 7.42. The van der Waals surface area contributed by atoms with Crippen LogP contribution in [0.1, 0.15) is 0 Å². The van der Waals surface area contributed by atoms with Crippen LogP contribution in [0.5, 0.6) is 0 Å². The van der Waals surface area contributed by atoms with Crippen LogP contribution in [0.2, 0.25) is 0 Å². The van der Waals surface area contributed by atoms with Gasteiger partial charge in [-0.25, -0.2) is 8.42 Å². The Bertz CT molecular complexity index is 758. The number of benzene rings is 3. The minimum atomic E-state index is -4.41. The molecule has 130 valence electrons. The highest BCUT2D eigenvalue weighted by molar-refractivity contribution is 7.97. The lowest BCUT2D eigenvalue weighted by Crippen LogP contribution is -2.04. The predicted molar refractivity (Wildman–Crippen MR) is 98.2 cm³/mol. The SMILES string of the molecule is COS(=O)(=O)[O-].c1ccc([S+](c2ccccc2)c2ccccc2)cc1. The number of rotatable bonds is 4. The molecule has 0 unspecified atom stereocenters. The molecule has 0 bridgehead atoms. The van der Waals surface area contributed by atoms with Crippen LogP contribution in [0.25, 0.3) is 0 Å². The van der Waals surface area contributed by atoms with Crippen molar-refractivity contribution in [1.29, 1.82) is 0 Å². The summed E-state index contributed by atoms with van der Waals surface area (Å²) in [5.41, 5.74) is 0. The third-order valence-corrected chi connectivity index (χ3v) is 5.78. The largest absolute Gasteiger partial charge is 0.726 e. The quantitative estimate of drug-likeness (QED) is 0.395. The Morgan fingerprint density at radius 3 is 1.12 bits per heavy atom. The van der Waals surface area contributed by atoms with Crippen molar-refractivity contribution in [3.8, 4) is 0 Å². The van der Waals surface area contributed by atoms with E-state index in [-0.39, 0.29) is 10.9 Å². The van der Waals surface area contributed by atoms with Crippen LogP contribution >= 0.6 is 0 Å². The van der Waals surface area contributed by atoms with Crippen LogP contribution in [0, 0.1) is 0 Å². The molecular formula is C19H18O4S2. The van der Waals surface area contributed by atoms with Crippen LogP contribution in [0.15, 0.2) is 106 Å². The average molecular weight is 374 g/mol. The maximum Gasteiger partial charge on any atom is 0.217 e. The molecule has 0 aromatic heterocycles. The molecule has 0 amide bonds. The smallest absolute Gasteiger partial charge is 0.217 e. The van der Waals surface area contributed by atoms with Crippen molar-refractivity contribution in [1.82, 2.24) is 0 Å². The van der Waals surface area contributed by atoms with E-state index < -0.39 is 10.4 Å². The summed E-state index contributed by atoms with van der Waals surface area (Å²) in [4.78, 5) is 4.08. The molecule has 0 fully saturated rings. The predicted octanol–water partition coefficient (Wildman–Crippen LogP) is 3.88. The van der Waals surface area contributed by atoms with E-state index in [4.69, 9.17) is 0 Å². The molecule has 25 heavy (non-hydrogen) atoms. The highest BCUT2D eigenvalue weighted by Crippen LogP contribution is 2.30. The Morgan fingerprint density at radius 2 is 0.920 bits per heavy atom. The minimum absolute atomic E-state index is 0.0146. The van der Waals surface area contributed by atoms with Crippen LogP contribution in [-0.4, -0.2) is 20.1 Å². The van der Waals surface area contributed by atoms with Gasteiger partial charge in [-0.1, -0.05) is 54.6 Å². The van der Waals surface area contributed by atoms with Gasteiger partial charge in [0.2, 0.25) is 10.4 Å². The van der Waals surface area contributed by atoms with Gasteiger partial charge in [0.15, 0.2) is 14.7 Å². The lowest BCUT2D eigenvalue weighted by molar-refractivity contribution is 0.314. The van der Waals surface area contributed by atoms with E-state index in [9.17, 15) is 13.0 Å². The fourth-order valence-corrected chi connectivity index (χ4v) is 4.18. The molecule has 0 saturated carbocycles. The van der Waals surface area contributed by atoms with Crippen molar-refractivity contribution < 1.29 is 17.2 Å². The zero-order chi connectivity index (χ0) is 18.1. The summed E-state index contributed by atoms with van der Waals surface area (Å²) in [6, 6.07) is 32.2. The first kappa shape index (κ1) is 19.2. The van der Waals surface area contributed by atoms with Crippen molar-refractivity contribution in [2.45, 2.75) is 14.7 Å². The Balaban J connectivity index is 0.000000326. The summed E-state index contributed by atoms with van der Waals surface area (Å²) in [6.07, 6.45) is 0. The molecule has 0 radical (unpaired) electrons. The maximum absolute atomic E-state index is 9.22. The Kier molecular flexibility index (Phi) is 7.21. The summed E-state index contributed by atoms with van der Waals surface area (Å²) in [7, 11) is -3.62. The fourth-order valence-electron chi connectivity index (χ4n) is 2.08. The molecule has 0 aliphatic carbocycles. The van der Waals surface area contributed by atoms with Gasteiger partial charge in [0, 0.05) is 0 Å². The van der Waals surface area contributed by atoms with Gasteiger partial charge in [0.25, 0.3) is 0 Å². The second-order valence-electron chi connectivity index (χ2n) is 4.82. The van der Waals surface area contributed by atoms with Gasteiger partial charge < -0.3 is 4.55 Å². The molecule has 0 atom stereocenters. The summed E-state index contributed by atoms with van der Waals surface area (Å²) < 4.78 is 31.0. The topological polar surface area (TPSA) is 66.4 Å². The van der Waals surface area contributed by atoms with Crippen molar-refractivity contribution in [3.05, 3.63) is 91.0 Å². The molecule has 0 heterocycles. The van der Waals surface area contributed by atoms with Gasteiger partial charge in [-0.2, -0.15) is 0 Å². The first-order valence-corrected chi connectivity index (χ1v) is 9.98. The van der Waals surface area contributed by atoms with Crippen LogP contribution < -0.4 is 0 Å². The summed E-state index contributed by atoms with van der Waals surface area (Å²) in [6.45, 7) is 0. The molecule has 3 rings (SSSR count). The van der Waals surface area contributed by atoms with E-state index in [0.717, 1.165) is 7.11 Å². The third kappa shape index (κ3) is 6.36. The van der Waals surface area contributed by atoms with Gasteiger partial charge in [-0.3, -0.25) is 4.18 Å². The van der Waals surface area contributed by atoms with Crippen molar-refractivity contribution >= 4 is 21.3 Å². The second-order valence-corrected chi connectivity index (χ2v) is 8.00. The Labute approximate surface area is 151 Å². The van der Waals surface area contributed by atoms with E-state index in [1.807, 2.05) is 0 Å². The fraction of sp³-hybridized carbons (Fsp3) is 0.0526. The van der Waals surface area contributed by atoms with Crippen molar-refractivity contribution in [2.75, 3.05) is 7.11 Å². The molecule has 0 N–H and O–H groups in total. The van der Waals surface area contributed by atoms with E-state index in [1.165, 1.54) is 14.7 Å². The van der Waals surface area contributed by atoms with Gasteiger partial charge >= 0.3 is 0 Å². The summed E-state index contributed by atoms with van der Waals surface area (Å²) in [5.74, 6) is 0. The molecular weight excluding hydrogens is 356 g/mol. The lowest BCUT2D eigenvalue weighted by atomic mass is 10.4. The van der Waals surface area contributed by atoms with E-state index in [1.54, 1.807) is 0 Å². The van der Waals surface area contributed by atoms with E-state index >= 15 is 0 Å². The number of hydrogen-bond donors (Lipinski definition) is 0. The van der Waals surface area contributed by atoms with Gasteiger partial charge in [-0.15, -0.1) is 0 Å². The minimum Gasteiger partial charge on any atom is -0.726 e. The second kappa shape index (κ2) is 9.39. The normalized spacial score (nSPS) is 10.8. The highest BCUT2D eigenvalue weighted by atomic mass is 32.3. The Morgan fingerprint density at radius 1 is 0.680 bits per heavy atom. The summed E-state index contributed by atoms with van der Waals surface area (Å²) >= 11 is 0. The standard InChI is InChI=1S/C18H15S.CH4O4S/c1-4-10-16(11-5-1)19(17-12-6-2-7-13-17)18-14-8-3-9-15-18;1-5-6(2,3)4/h1-15H;1H3,(H,2,3,4)/q+1;/p-1. The van der Waals surface area contributed by atoms with Crippen LogP contribution in [-0.2, 0) is 25.5 Å². The molecule has 4 nitrogen and oxygen atoms in total. The van der Waals surface area contributed by atoms with E-state index in [2.05, 4.69) is 95.2 Å². The van der Waals surface area contributed by atoms with Gasteiger partial charge in [0.05, 0.1) is 18.0 Å². The maximum atomic E-state index is 9.22. The molecule has 0 saturated heterocycles. The zero-order valence-corrected chi connectivity index (χ0v) is 15.2. The zero-order valence-electron chi connectivity index (χ0n) is 13.6. The van der Waals surface area contributed by atoms with Gasteiger partial charge in [0.1, 0.15) is 0 Å². The average Bonchev–Trinajstić information content (AvgIpc) is 2.65. The highest BCUT2D eigenvalue weighted by Gasteiger charge is 2.27. The molecule has 6 heteroatoms. The first-order chi connectivity index (χ1) is 12.0. The van der Waals surface area contributed by atoms with Crippen LogP contribution in [0.4, 0.5) is 0 Å². The van der Waals surface area contributed by atoms with Crippen LogP contribution in [0.3, 0.4) is 0 Å². The number of hydrogen-bond acceptors (Lipinski definition) is 4. The molecule has 3 aromatic rings. The Hall–Kier alpha value is -2.12. The molecule has 3 aromatic carbocycles. The third-order valence-electron chi connectivity index (χ3n) is 3.14. The molecule has 0 spiro atoms. The molecule has 0 aliphatic rings.